The summed E-state index contributed by atoms with van der Waals surface area (Å²) in [4.78, 5) is 0. The van der Waals surface area contributed by atoms with Crippen molar-refractivity contribution in [3.05, 3.63) is 121 Å². The first-order valence-electron chi connectivity index (χ1n) is 10.1. The molecule has 0 saturated heterocycles. The molecule has 0 aliphatic carbocycles. The van der Waals surface area contributed by atoms with E-state index in [1.807, 2.05) is 78.9 Å². The van der Waals surface area contributed by atoms with Gasteiger partial charge in [-0.3, -0.25) is 0 Å². The van der Waals surface area contributed by atoms with Gasteiger partial charge in [-0.25, -0.2) is 12.1 Å². The second-order valence-electron chi connectivity index (χ2n) is 7.28. The number of benzene rings is 1. The summed E-state index contributed by atoms with van der Waals surface area (Å²) >= 11 is 0. The largest absolute Gasteiger partial charge is 2.00 e. The van der Waals surface area contributed by atoms with Crippen molar-refractivity contribution in [3.8, 4) is 16.9 Å². The summed E-state index contributed by atoms with van der Waals surface area (Å²) in [5.41, 5.74) is 2.96. The number of hydrogen-bond donors (Lipinski definition) is 0. The average Bonchev–Trinajstić information content (AvgIpc) is 3.60. The van der Waals surface area contributed by atoms with E-state index >= 15 is 0 Å². The Labute approximate surface area is 195 Å². The van der Waals surface area contributed by atoms with Gasteiger partial charge in [-0.2, -0.15) is 30.3 Å². The molecule has 0 saturated carbocycles. The molecule has 2 aliphatic heterocycles. The summed E-state index contributed by atoms with van der Waals surface area (Å²) in [6.45, 7) is -3.90. The Bertz CT molecular complexity index is 1250. The second-order valence-corrected chi connectivity index (χ2v) is 7.28. The summed E-state index contributed by atoms with van der Waals surface area (Å²) in [5.74, 6) is 1.03. The van der Waals surface area contributed by atoms with E-state index in [9.17, 15) is 8.63 Å². The first-order valence-corrected chi connectivity index (χ1v) is 10.1. The molecule has 3 heterocycles. The minimum absolute atomic E-state index is 0. The molecule has 0 N–H and O–H groups in total. The van der Waals surface area contributed by atoms with Crippen molar-refractivity contribution >= 4 is 18.9 Å². The maximum atomic E-state index is 14.7. The monoisotopic (exact) mass is 468 g/mol. The number of nitrogens with zero attached hydrogens (tertiary/aromatic N) is 2. The zero-order valence-corrected chi connectivity index (χ0v) is 18.1. The molecule has 3 aromatic carbocycles. The van der Waals surface area contributed by atoms with Crippen LogP contribution in [0.3, 0.4) is 0 Å². The van der Waals surface area contributed by atoms with Crippen LogP contribution in [-0.4, -0.2) is 22.1 Å². The third-order valence-electron chi connectivity index (χ3n) is 5.32. The summed E-state index contributed by atoms with van der Waals surface area (Å²) in [7, 11) is 0. The molecule has 7 heteroatoms. The van der Waals surface area contributed by atoms with E-state index in [2.05, 4.69) is 0 Å². The number of hydrogen-bond acceptors (Lipinski definition) is 1. The van der Waals surface area contributed by atoms with Gasteiger partial charge in [0.1, 0.15) is 12.0 Å². The van der Waals surface area contributed by atoms with E-state index in [0.29, 0.717) is 22.9 Å². The van der Waals surface area contributed by atoms with E-state index in [1.54, 1.807) is 24.3 Å². The molecule has 0 atom stereocenters. The van der Waals surface area contributed by atoms with Crippen molar-refractivity contribution in [3.63, 3.8) is 0 Å². The van der Waals surface area contributed by atoms with Crippen LogP contribution in [0.15, 0.2) is 115 Å². The standard InChI is InChI=1S/C20H14BF2N2O.C5H5.Fe/c22-21(23)24-13-3-7-18(24)20(19-8-4-14-25(19)21)26-17-11-9-16(10-12-17)15-5-1-2-6-15;1-2-4-5-3-1;/h1-14H;1-5H;/q2*-1;+2. The summed E-state index contributed by atoms with van der Waals surface area (Å²) < 4.78 is 37.4. The zero-order chi connectivity index (χ0) is 21.3. The van der Waals surface area contributed by atoms with Crippen molar-refractivity contribution in [2.75, 3.05) is 0 Å². The van der Waals surface area contributed by atoms with E-state index in [-0.39, 0.29) is 17.1 Å². The summed E-state index contributed by atoms with van der Waals surface area (Å²) in [6.07, 6.45) is 6.04. The molecular formula is C25H19BF2FeN2O. The van der Waals surface area contributed by atoms with Gasteiger partial charge in [-0.05, 0) is 18.3 Å². The Balaban J connectivity index is 0.000000363. The molecule has 0 fully saturated rings. The van der Waals surface area contributed by atoms with E-state index in [0.717, 1.165) is 20.1 Å². The van der Waals surface area contributed by atoms with Crippen LogP contribution >= 0.6 is 0 Å². The zero-order valence-electron chi connectivity index (χ0n) is 17.0. The van der Waals surface area contributed by atoms with E-state index in [4.69, 9.17) is 4.74 Å². The van der Waals surface area contributed by atoms with Crippen molar-refractivity contribution in [2.45, 2.75) is 0 Å². The number of halogens is 2. The van der Waals surface area contributed by atoms with Gasteiger partial charge in [0.15, 0.2) is 0 Å². The normalized spacial score (nSPS) is 15.1. The van der Waals surface area contributed by atoms with Gasteiger partial charge >= 0.3 is 24.0 Å². The van der Waals surface area contributed by atoms with Gasteiger partial charge in [0.05, 0.1) is 5.69 Å². The summed E-state index contributed by atoms with van der Waals surface area (Å²) in [5, 5.41) is 0. The van der Waals surface area contributed by atoms with Crippen LogP contribution in [0.5, 0.6) is 5.75 Å². The topological polar surface area (TPSA) is 17.2 Å². The van der Waals surface area contributed by atoms with Crippen LogP contribution in [0, 0.1) is 0 Å². The number of aromatic nitrogens is 1. The fraction of sp³-hybridized carbons (Fsp3) is 0. The Hall–Kier alpha value is -3.41. The Morgan fingerprint density at radius 2 is 1.66 bits per heavy atom. The molecule has 6 rings (SSSR count). The molecule has 1 aromatic heterocycles. The SMILES string of the molecule is F[B-]1(F)n2cccc2C(Oc2ccc(-[c-]3cccc3)cc2)=C2C=CC=[N+]21.[Fe+2].c1cc[cH-]c1. The van der Waals surface area contributed by atoms with E-state index in [1.165, 1.54) is 12.4 Å². The third kappa shape index (κ3) is 3.93. The van der Waals surface area contributed by atoms with Crippen LogP contribution in [0.1, 0.15) is 5.69 Å². The Kier molecular flexibility index (Phi) is 6.13. The predicted molar refractivity (Wildman–Crippen MR) is 120 cm³/mol. The van der Waals surface area contributed by atoms with Crippen molar-refractivity contribution in [2.24, 2.45) is 0 Å². The Morgan fingerprint density at radius 3 is 2.31 bits per heavy atom. The fourth-order valence-electron chi connectivity index (χ4n) is 3.80. The van der Waals surface area contributed by atoms with Crippen LogP contribution in [0.2, 0.25) is 0 Å². The number of fused-ring (bicyclic) bond motifs is 2. The van der Waals surface area contributed by atoms with Gasteiger partial charge in [0.25, 0.3) is 0 Å². The molecule has 0 radical (unpaired) electrons. The van der Waals surface area contributed by atoms with Gasteiger partial charge in [-0.15, -0.1) is 29.8 Å². The average molecular weight is 468 g/mol. The molecule has 0 unspecified atom stereocenters. The number of rotatable bonds is 3. The number of ether oxygens (including phenoxy) is 1. The molecule has 2 aliphatic rings. The molecule has 32 heavy (non-hydrogen) atoms. The minimum atomic E-state index is -3.90. The predicted octanol–water partition coefficient (Wildman–Crippen LogP) is 5.91. The van der Waals surface area contributed by atoms with Crippen LogP contribution in [0.25, 0.3) is 16.9 Å². The maximum absolute atomic E-state index is 14.7. The third-order valence-corrected chi connectivity index (χ3v) is 5.32. The van der Waals surface area contributed by atoms with Crippen LogP contribution < -0.4 is 4.74 Å². The van der Waals surface area contributed by atoms with Gasteiger partial charge in [0, 0.05) is 12.2 Å². The first-order chi connectivity index (χ1) is 15.1. The molecule has 3 nitrogen and oxygen atoms in total. The number of allylic oxidation sites excluding steroid dienone is 2. The molecule has 0 spiro atoms. The van der Waals surface area contributed by atoms with Crippen LogP contribution in [0.4, 0.5) is 8.63 Å². The van der Waals surface area contributed by atoms with Crippen molar-refractivity contribution in [1.82, 2.24) is 4.48 Å². The maximum Gasteiger partial charge on any atom is 2.00 e. The first kappa shape index (κ1) is 21.8. The second kappa shape index (κ2) is 8.99. The van der Waals surface area contributed by atoms with Gasteiger partial charge in [-0.1, -0.05) is 17.7 Å². The van der Waals surface area contributed by atoms with Gasteiger partial charge < -0.3 is 22.3 Å². The van der Waals surface area contributed by atoms with Crippen LogP contribution in [-0.2, 0) is 17.1 Å². The summed E-state index contributed by atoms with van der Waals surface area (Å²) in [6, 6.07) is 28.9. The molecule has 0 bridgehead atoms. The van der Waals surface area contributed by atoms with Gasteiger partial charge in [0.2, 0.25) is 11.5 Å². The van der Waals surface area contributed by atoms with Crippen molar-refractivity contribution in [1.29, 1.82) is 0 Å². The quantitative estimate of drug-likeness (QED) is 0.270. The molecule has 0 amide bonds. The minimum Gasteiger partial charge on any atom is -0.450 e. The van der Waals surface area contributed by atoms with E-state index < -0.39 is 6.97 Å². The fourth-order valence-corrected chi connectivity index (χ4v) is 3.80. The molecular weight excluding hydrogens is 449 g/mol. The molecule has 160 valence electrons. The molecule has 4 aromatic rings. The smallest absolute Gasteiger partial charge is 0.450 e. The van der Waals surface area contributed by atoms with Crippen molar-refractivity contribution < 1.29 is 34.9 Å². The Morgan fingerprint density at radius 1 is 0.938 bits per heavy atom.